The molecule has 10 rings (SSSR count). The maximum absolute atomic E-state index is 12.8. The van der Waals surface area contributed by atoms with Crippen molar-refractivity contribution in [3.05, 3.63) is 251 Å². The number of hydrogen-bond donors (Lipinski definition) is 0. The third kappa shape index (κ3) is 31.8. The number of aryl methyl sites for hydroxylation is 1. The Morgan fingerprint density at radius 3 is 1.32 bits per heavy atom. The summed E-state index contributed by atoms with van der Waals surface area (Å²) in [4.78, 5) is 40.1. The van der Waals surface area contributed by atoms with Crippen LogP contribution in [-0.2, 0) is 48.1 Å². The van der Waals surface area contributed by atoms with Gasteiger partial charge < -0.3 is 14.4 Å². The number of ether oxygens (including phenoxy) is 2. The fourth-order valence-electron chi connectivity index (χ4n) is 8.71. The standard InChI is InChI=1S/C15H16FNO.C13H20N2O.C10H15N.C9H12ClN.3C9H13N.C8H12N2/c1-15(2,3)13-5-4-10-17-14(13)18-12-8-6-11(16)7-9-12;1-13(2,3)11-4-5-12(14-10-11)15-6-8-16-9-7-15;1-8-6-5-7-11-9(8)10(2,3)4;1-9(2,3)8-5-4-7(10)6-11-8;1-9(2,3)8-4-6-10-7-5-8;1-9(2,3)8-5-4-6-10-7-8;1-9(2,3)8-6-4-5-7-10-8;1-8(2,3)7-6-9-4-5-10-7/h4-10H,1-3H3;4-5,10H,6-9H2,1-3H3;5-7H,1-4H3;4-6H,1-3H3;3*4-7H,1-3H3;4-6H,1-3H3. The second-order valence-electron chi connectivity index (χ2n) is 31.7. The molecule has 9 heterocycles. The normalized spacial score (nSPS) is 12.5. The van der Waals surface area contributed by atoms with E-state index < -0.39 is 0 Å². The Morgan fingerprint density at radius 2 is 0.917 bits per heavy atom. The molecular formula is C82H114ClFN10O2. The van der Waals surface area contributed by atoms with E-state index in [1.54, 1.807) is 49.3 Å². The van der Waals surface area contributed by atoms with Gasteiger partial charge in [-0.2, -0.15) is 0 Å². The summed E-state index contributed by atoms with van der Waals surface area (Å²) >= 11 is 5.70. The van der Waals surface area contributed by atoms with Crippen molar-refractivity contribution < 1.29 is 13.9 Å². The molecule has 0 amide bonds. The summed E-state index contributed by atoms with van der Waals surface area (Å²) in [5.74, 6) is 1.94. The first-order chi connectivity index (χ1) is 44.5. The molecule has 0 saturated carbocycles. The molecule has 0 aliphatic carbocycles. The van der Waals surface area contributed by atoms with Crippen LogP contribution in [0.3, 0.4) is 0 Å². The average Bonchev–Trinajstić information content (AvgIpc) is 0.896. The second kappa shape index (κ2) is 37.6. The maximum Gasteiger partial charge on any atom is 0.222 e. The summed E-state index contributed by atoms with van der Waals surface area (Å²) in [6, 6.07) is 36.2. The monoisotopic (exact) mass is 1320 g/mol. The van der Waals surface area contributed by atoms with Crippen LogP contribution in [-0.4, -0.2) is 71.2 Å². The van der Waals surface area contributed by atoms with E-state index in [1.807, 2.05) is 85.7 Å². The van der Waals surface area contributed by atoms with Gasteiger partial charge in [-0.3, -0.25) is 34.9 Å². The van der Waals surface area contributed by atoms with E-state index in [1.165, 1.54) is 40.1 Å². The maximum atomic E-state index is 12.8. The molecule has 518 valence electrons. The zero-order valence-corrected chi connectivity index (χ0v) is 63.5. The van der Waals surface area contributed by atoms with Gasteiger partial charge in [0.2, 0.25) is 5.88 Å². The van der Waals surface area contributed by atoms with Crippen LogP contribution < -0.4 is 9.64 Å². The average molecular weight is 1330 g/mol. The van der Waals surface area contributed by atoms with E-state index in [0.29, 0.717) is 16.7 Å². The van der Waals surface area contributed by atoms with E-state index in [9.17, 15) is 4.39 Å². The fraction of sp³-hybridized carbons (Fsp3) is 0.451. The summed E-state index contributed by atoms with van der Waals surface area (Å²) in [6.45, 7) is 57.5. The van der Waals surface area contributed by atoms with Crippen LogP contribution in [0, 0.1) is 12.7 Å². The number of morpholine rings is 1. The molecule has 14 heteroatoms. The number of benzene rings is 1. The molecule has 0 radical (unpaired) electrons. The van der Waals surface area contributed by atoms with E-state index >= 15 is 0 Å². The Balaban J connectivity index is 0.000000289. The van der Waals surface area contributed by atoms with Gasteiger partial charge in [0.15, 0.2) is 0 Å². The molecule has 1 aliphatic rings. The van der Waals surface area contributed by atoms with E-state index in [4.69, 9.17) is 21.1 Å². The van der Waals surface area contributed by atoms with Crippen LogP contribution in [0.4, 0.5) is 10.2 Å². The molecule has 9 aromatic rings. The highest BCUT2D eigenvalue weighted by molar-refractivity contribution is 6.30. The number of aromatic nitrogens is 9. The number of nitrogens with zero attached hydrogens (tertiary/aromatic N) is 10. The molecule has 1 aliphatic heterocycles. The molecule has 0 unspecified atom stereocenters. The van der Waals surface area contributed by atoms with Gasteiger partial charge in [-0.1, -0.05) is 208 Å². The summed E-state index contributed by atoms with van der Waals surface area (Å²) < 4.78 is 23.9. The first-order valence-corrected chi connectivity index (χ1v) is 33.6. The largest absolute Gasteiger partial charge is 0.439 e. The van der Waals surface area contributed by atoms with Crippen molar-refractivity contribution in [1.29, 1.82) is 0 Å². The lowest BCUT2D eigenvalue weighted by Crippen LogP contribution is -2.36. The summed E-state index contributed by atoms with van der Waals surface area (Å²) in [5, 5.41) is 0.693. The zero-order chi connectivity index (χ0) is 72.2. The zero-order valence-electron chi connectivity index (χ0n) is 62.8. The van der Waals surface area contributed by atoms with E-state index in [2.05, 4.69) is 265 Å². The molecule has 0 N–H and O–H groups in total. The number of hydrogen-bond acceptors (Lipinski definition) is 12. The molecule has 0 spiro atoms. The number of pyridine rings is 7. The quantitative estimate of drug-likeness (QED) is 0.166. The van der Waals surface area contributed by atoms with Crippen molar-refractivity contribution in [1.82, 2.24) is 44.9 Å². The van der Waals surface area contributed by atoms with Crippen LogP contribution >= 0.6 is 11.6 Å². The Labute approximate surface area is 583 Å². The topological polar surface area (TPSA) is 138 Å². The lowest BCUT2D eigenvalue weighted by molar-refractivity contribution is 0.122. The number of anilines is 1. The van der Waals surface area contributed by atoms with E-state index in [0.717, 1.165) is 54.8 Å². The minimum atomic E-state index is -0.278. The highest BCUT2D eigenvalue weighted by Crippen LogP contribution is 2.33. The Bertz CT molecular complexity index is 3360. The minimum Gasteiger partial charge on any atom is -0.439 e. The molecule has 1 saturated heterocycles. The molecule has 0 atom stereocenters. The number of halogens is 2. The van der Waals surface area contributed by atoms with Crippen molar-refractivity contribution in [3.8, 4) is 11.6 Å². The molecule has 1 aromatic carbocycles. The molecule has 0 bridgehead atoms. The molecule has 12 nitrogen and oxygen atoms in total. The van der Waals surface area contributed by atoms with Gasteiger partial charge >= 0.3 is 0 Å². The highest BCUT2D eigenvalue weighted by Gasteiger charge is 2.22. The third-order valence-electron chi connectivity index (χ3n) is 14.6. The van der Waals surface area contributed by atoms with Crippen LogP contribution in [0.5, 0.6) is 11.6 Å². The predicted molar refractivity (Wildman–Crippen MR) is 401 cm³/mol. The van der Waals surface area contributed by atoms with Crippen LogP contribution in [0.2, 0.25) is 5.02 Å². The lowest BCUT2D eigenvalue weighted by atomic mass is 9.88. The summed E-state index contributed by atoms with van der Waals surface area (Å²) in [5.41, 5.74) is 11.9. The fourth-order valence-corrected chi connectivity index (χ4v) is 8.82. The van der Waals surface area contributed by atoms with Crippen LogP contribution in [0.15, 0.2) is 190 Å². The van der Waals surface area contributed by atoms with Gasteiger partial charge in [0.25, 0.3) is 0 Å². The smallest absolute Gasteiger partial charge is 0.222 e. The van der Waals surface area contributed by atoms with Crippen LogP contribution in [0.1, 0.15) is 217 Å². The lowest BCUT2D eigenvalue weighted by Gasteiger charge is -2.28. The molecular weight excluding hydrogens is 1210 g/mol. The van der Waals surface area contributed by atoms with Crippen molar-refractivity contribution in [2.45, 2.75) is 216 Å². The third-order valence-corrected chi connectivity index (χ3v) is 14.8. The SMILES string of the molecule is CC(C)(C)c1ccc(Cl)cn1.CC(C)(C)c1ccc(N2CCOCC2)nc1.CC(C)(C)c1ccccn1.CC(C)(C)c1cccnc1.CC(C)(C)c1cccnc1Oc1ccc(F)cc1.CC(C)(C)c1ccncc1.CC(C)(C)c1cnccn1.Cc1cccnc1C(C)(C)C. The van der Waals surface area contributed by atoms with Gasteiger partial charge in [0.1, 0.15) is 17.4 Å². The summed E-state index contributed by atoms with van der Waals surface area (Å²) in [7, 11) is 0. The van der Waals surface area contributed by atoms with Gasteiger partial charge in [-0.25, -0.2) is 14.4 Å². The van der Waals surface area contributed by atoms with Crippen molar-refractivity contribution >= 4 is 17.4 Å². The Morgan fingerprint density at radius 1 is 0.385 bits per heavy atom. The number of rotatable bonds is 3. The van der Waals surface area contributed by atoms with Gasteiger partial charge in [-0.05, 0) is 136 Å². The van der Waals surface area contributed by atoms with Gasteiger partial charge in [0.05, 0.1) is 23.9 Å². The van der Waals surface area contributed by atoms with Crippen molar-refractivity contribution in [2.75, 3.05) is 31.2 Å². The first kappa shape index (κ1) is 82.4. The first-order valence-electron chi connectivity index (χ1n) is 33.2. The predicted octanol–water partition coefficient (Wildman–Crippen LogP) is 21.2. The van der Waals surface area contributed by atoms with Gasteiger partial charge in [0, 0.05) is 132 Å². The Hall–Kier alpha value is -7.87. The second-order valence-corrected chi connectivity index (χ2v) is 32.2. The van der Waals surface area contributed by atoms with Crippen molar-refractivity contribution in [3.63, 3.8) is 0 Å². The highest BCUT2D eigenvalue weighted by atomic mass is 35.5. The van der Waals surface area contributed by atoms with E-state index in [-0.39, 0.29) is 49.1 Å². The molecule has 8 aromatic heterocycles. The van der Waals surface area contributed by atoms with Crippen LogP contribution in [0.25, 0.3) is 0 Å². The molecule has 96 heavy (non-hydrogen) atoms. The Kier molecular flexibility index (Phi) is 32.2. The summed E-state index contributed by atoms with van der Waals surface area (Å²) in [6.07, 6.45) is 21.7. The minimum absolute atomic E-state index is 0.0520. The molecule has 1 fully saturated rings. The van der Waals surface area contributed by atoms with Gasteiger partial charge in [-0.15, -0.1) is 0 Å². The van der Waals surface area contributed by atoms with Crippen molar-refractivity contribution in [2.24, 2.45) is 0 Å².